The standard InChI is InChI=1S/C17H24N4O3S/c1-11-13-15(18-6-8-24-2)19-10-20-16(13)25-14(11)17(23)21-7-4-3-5-12(21)9-22/h10,12,22H,3-9H2,1-2H3,(H,18,19,20)/t12-/m0/s1. The minimum absolute atomic E-state index is 0.0120. The number of thiophene rings is 1. The van der Waals surface area contributed by atoms with E-state index in [9.17, 15) is 9.90 Å². The maximum atomic E-state index is 13.1. The summed E-state index contributed by atoms with van der Waals surface area (Å²) in [5, 5.41) is 13.7. The lowest BCUT2D eigenvalue weighted by molar-refractivity contribution is 0.0507. The summed E-state index contributed by atoms with van der Waals surface area (Å²) >= 11 is 1.40. The molecule has 25 heavy (non-hydrogen) atoms. The smallest absolute Gasteiger partial charge is 0.264 e. The number of ether oxygens (including phenoxy) is 1. The molecule has 3 rings (SSSR count). The van der Waals surface area contributed by atoms with Crippen molar-refractivity contribution in [3.8, 4) is 0 Å². The highest BCUT2D eigenvalue weighted by Crippen LogP contribution is 2.34. The lowest BCUT2D eigenvalue weighted by Gasteiger charge is -2.34. The van der Waals surface area contributed by atoms with E-state index in [-0.39, 0.29) is 18.6 Å². The molecule has 2 aromatic heterocycles. The number of hydrogen-bond acceptors (Lipinski definition) is 7. The van der Waals surface area contributed by atoms with Crippen LogP contribution < -0.4 is 5.32 Å². The number of nitrogens with zero attached hydrogens (tertiary/aromatic N) is 3. The Balaban J connectivity index is 1.93. The number of anilines is 1. The second-order valence-electron chi connectivity index (χ2n) is 6.21. The number of aryl methyl sites for hydroxylation is 1. The van der Waals surface area contributed by atoms with E-state index in [1.54, 1.807) is 7.11 Å². The van der Waals surface area contributed by atoms with Gasteiger partial charge in [0.05, 0.1) is 29.5 Å². The van der Waals surface area contributed by atoms with E-state index in [1.807, 2.05) is 11.8 Å². The molecule has 0 unspecified atom stereocenters. The van der Waals surface area contributed by atoms with Crippen molar-refractivity contribution >= 4 is 33.3 Å². The van der Waals surface area contributed by atoms with Gasteiger partial charge in [-0.05, 0) is 31.7 Å². The SMILES string of the molecule is COCCNc1ncnc2sc(C(=O)N3CCCC[C@H]3CO)c(C)c12. The maximum absolute atomic E-state index is 13.1. The Bertz CT molecular complexity index is 749. The third kappa shape index (κ3) is 3.61. The highest BCUT2D eigenvalue weighted by Gasteiger charge is 2.30. The lowest BCUT2D eigenvalue weighted by atomic mass is 10.0. The van der Waals surface area contributed by atoms with E-state index in [0.717, 1.165) is 40.9 Å². The Labute approximate surface area is 151 Å². The Morgan fingerprint density at radius 3 is 3.08 bits per heavy atom. The number of methoxy groups -OCH3 is 1. The van der Waals surface area contributed by atoms with Gasteiger partial charge in [0.2, 0.25) is 0 Å². The monoisotopic (exact) mass is 364 g/mol. The van der Waals surface area contributed by atoms with Crippen molar-refractivity contribution in [3.63, 3.8) is 0 Å². The number of carbonyl (C=O) groups excluding carboxylic acids is 1. The number of amides is 1. The predicted molar refractivity (Wildman–Crippen MR) is 98.3 cm³/mol. The van der Waals surface area contributed by atoms with Crippen molar-refractivity contribution in [2.45, 2.75) is 32.2 Å². The molecule has 1 aliphatic heterocycles. The molecule has 3 heterocycles. The van der Waals surface area contributed by atoms with Gasteiger partial charge in [0.15, 0.2) is 0 Å². The molecular formula is C17H24N4O3S. The zero-order chi connectivity index (χ0) is 17.8. The van der Waals surface area contributed by atoms with Crippen LogP contribution in [-0.4, -0.2) is 65.3 Å². The van der Waals surface area contributed by atoms with Gasteiger partial charge < -0.3 is 20.1 Å². The van der Waals surface area contributed by atoms with Crippen molar-refractivity contribution in [1.82, 2.24) is 14.9 Å². The second-order valence-corrected chi connectivity index (χ2v) is 7.21. The molecule has 136 valence electrons. The van der Waals surface area contributed by atoms with Crippen LogP contribution in [-0.2, 0) is 4.74 Å². The second kappa shape index (κ2) is 8.07. The molecule has 0 spiro atoms. The third-order valence-electron chi connectivity index (χ3n) is 4.62. The van der Waals surface area contributed by atoms with Gasteiger partial charge in [-0.1, -0.05) is 0 Å². The number of aliphatic hydroxyl groups excluding tert-OH is 1. The summed E-state index contributed by atoms with van der Waals surface area (Å²) in [6.07, 6.45) is 4.41. The Morgan fingerprint density at radius 1 is 1.48 bits per heavy atom. The number of hydrogen-bond donors (Lipinski definition) is 2. The number of aromatic nitrogens is 2. The first-order valence-electron chi connectivity index (χ1n) is 8.56. The highest BCUT2D eigenvalue weighted by atomic mass is 32.1. The van der Waals surface area contributed by atoms with E-state index in [2.05, 4.69) is 15.3 Å². The molecule has 1 atom stereocenters. The fraction of sp³-hybridized carbons (Fsp3) is 0.588. The van der Waals surface area contributed by atoms with Crippen LogP contribution in [0.1, 0.15) is 34.5 Å². The van der Waals surface area contributed by atoms with Gasteiger partial charge in [-0.2, -0.15) is 0 Å². The minimum Gasteiger partial charge on any atom is -0.394 e. The Kier molecular flexibility index (Phi) is 5.82. The lowest BCUT2D eigenvalue weighted by Crippen LogP contribution is -2.45. The van der Waals surface area contributed by atoms with Gasteiger partial charge in [0, 0.05) is 20.2 Å². The number of nitrogens with one attached hydrogen (secondary N) is 1. The number of aliphatic hydroxyl groups is 1. The molecule has 0 bridgehead atoms. The normalized spacial score (nSPS) is 17.9. The molecule has 0 saturated carbocycles. The number of rotatable bonds is 6. The number of carbonyl (C=O) groups is 1. The summed E-state index contributed by atoms with van der Waals surface area (Å²) in [5.41, 5.74) is 0.896. The third-order valence-corrected chi connectivity index (χ3v) is 5.81. The summed E-state index contributed by atoms with van der Waals surface area (Å²) in [5.74, 6) is 0.717. The molecule has 8 heteroatoms. The first kappa shape index (κ1) is 18.0. The van der Waals surface area contributed by atoms with Crippen molar-refractivity contribution in [2.24, 2.45) is 0 Å². The van der Waals surface area contributed by atoms with Crippen molar-refractivity contribution in [1.29, 1.82) is 0 Å². The predicted octanol–water partition coefficient (Wildman–Crippen LogP) is 2.05. The van der Waals surface area contributed by atoms with Crippen molar-refractivity contribution < 1.29 is 14.6 Å². The molecule has 1 amide bonds. The Hall–Kier alpha value is -1.77. The van der Waals surface area contributed by atoms with Gasteiger partial charge in [-0.3, -0.25) is 4.79 Å². The van der Waals surface area contributed by atoms with Crippen LogP contribution >= 0.6 is 11.3 Å². The number of piperidine rings is 1. The first-order valence-corrected chi connectivity index (χ1v) is 9.37. The molecule has 1 aliphatic rings. The summed E-state index contributed by atoms with van der Waals surface area (Å²) < 4.78 is 5.07. The molecule has 0 radical (unpaired) electrons. The van der Waals surface area contributed by atoms with Crippen LogP contribution in [0.5, 0.6) is 0 Å². The van der Waals surface area contributed by atoms with Gasteiger partial charge in [-0.15, -0.1) is 11.3 Å². The van der Waals surface area contributed by atoms with E-state index < -0.39 is 0 Å². The molecule has 0 aliphatic carbocycles. The topological polar surface area (TPSA) is 87.6 Å². The Morgan fingerprint density at radius 2 is 2.32 bits per heavy atom. The van der Waals surface area contributed by atoms with Gasteiger partial charge in [-0.25, -0.2) is 9.97 Å². The van der Waals surface area contributed by atoms with Crippen molar-refractivity contribution in [3.05, 3.63) is 16.8 Å². The quantitative estimate of drug-likeness (QED) is 0.763. The zero-order valence-corrected chi connectivity index (χ0v) is 15.4. The highest BCUT2D eigenvalue weighted by molar-refractivity contribution is 7.20. The van der Waals surface area contributed by atoms with Crippen LogP contribution in [0.15, 0.2) is 6.33 Å². The van der Waals surface area contributed by atoms with Crippen LogP contribution in [0, 0.1) is 6.92 Å². The molecule has 7 nitrogen and oxygen atoms in total. The van der Waals surface area contributed by atoms with E-state index >= 15 is 0 Å². The van der Waals surface area contributed by atoms with Crippen LogP contribution in [0.3, 0.4) is 0 Å². The number of fused-ring (bicyclic) bond motifs is 1. The molecule has 0 aromatic carbocycles. The first-order chi connectivity index (χ1) is 12.2. The average molecular weight is 364 g/mol. The largest absolute Gasteiger partial charge is 0.394 e. The van der Waals surface area contributed by atoms with Gasteiger partial charge >= 0.3 is 0 Å². The van der Waals surface area contributed by atoms with Gasteiger partial charge in [0.25, 0.3) is 5.91 Å². The fourth-order valence-electron chi connectivity index (χ4n) is 3.27. The minimum atomic E-state index is -0.0868. The van der Waals surface area contributed by atoms with E-state index in [4.69, 9.17) is 4.74 Å². The summed E-state index contributed by atoms with van der Waals surface area (Å²) in [6.45, 7) is 3.86. The van der Waals surface area contributed by atoms with E-state index in [0.29, 0.717) is 24.6 Å². The summed E-state index contributed by atoms with van der Waals surface area (Å²) in [7, 11) is 1.65. The molecule has 1 saturated heterocycles. The zero-order valence-electron chi connectivity index (χ0n) is 14.6. The average Bonchev–Trinajstić information content (AvgIpc) is 2.99. The molecule has 2 aromatic rings. The fourth-order valence-corrected chi connectivity index (χ4v) is 4.37. The maximum Gasteiger partial charge on any atom is 0.264 e. The van der Waals surface area contributed by atoms with Crippen LogP contribution in [0.4, 0.5) is 5.82 Å². The summed E-state index contributed by atoms with van der Waals surface area (Å²) in [4.78, 5) is 25.0. The van der Waals surface area contributed by atoms with Crippen LogP contribution in [0.2, 0.25) is 0 Å². The van der Waals surface area contributed by atoms with Gasteiger partial charge in [0.1, 0.15) is 17.0 Å². The van der Waals surface area contributed by atoms with E-state index in [1.165, 1.54) is 17.7 Å². The number of likely N-dealkylation sites (tertiary alicyclic amines) is 1. The molecule has 1 fully saturated rings. The molecule has 2 N–H and O–H groups in total. The molecular weight excluding hydrogens is 340 g/mol. The van der Waals surface area contributed by atoms with Crippen LogP contribution in [0.25, 0.3) is 10.2 Å². The summed E-state index contributed by atoms with van der Waals surface area (Å²) in [6, 6.07) is -0.0868. The van der Waals surface area contributed by atoms with Crippen molar-refractivity contribution in [2.75, 3.05) is 38.7 Å².